The van der Waals surface area contributed by atoms with Gasteiger partial charge in [0.15, 0.2) is 6.10 Å². The summed E-state index contributed by atoms with van der Waals surface area (Å²) < 4.78 is 6.63. The molecule has 0 saturated heterocycles. The van der Waals surface area contributed by atoms with Gasteiger partial charge >= 0.3 is 5.97 Å². The summed E-state index contributed by atoms with van der Waals surface area (Å²) in [4.78, 5) is 29.6. The van der Waals surface area contributed by atoms with Crippen LogP contribution in [0.2, 0.25) is 0 Å². The highest BCUT2D eigenvalue weighted by Gasteiger charge is 2.51. The second-order valence-corrected chi connectivity index (χ2v) is 10.9. The first kappa shape index (κ1) is 20.0. The molecule has 4 saturated carbocycles. The number of nitrogens with zero attached hydrogens (tertiary/aromatic N) is 1. The van der Waals surface area contributed by atoms with Crippen molar-refractivity contribution in [3.05, 3.63) is 29.3 Å². The van der Waals surface area contributed by atoms with Gasteiger partial charge in [-0.05, 0) is 88.2 Å². The Kier molecular flexibility index (Phi) is 5.30. The molecule has 1 atom stereocenters. The molecule has 0 radical (unpaired) electrons. The number of rotatable bonds is 7. The summed E-state index contributed by atoms with van der Waals surface area (Å²) >= 11 is 1.67. The minimum absolute atomic E-state index is 0.0423. The van der Waals surface area contributed by atoms with Crippen LogP contribution in [0, 0.1) is 17.8 Å². The first-order valence-electron chi connectivity index (χ1n) is 11.3. The van der Waals surface area contributed by atoms with E-state index in [2.05, 4.69) is 16.4 Å². The molecule has 1 N–H and O–H groups in total. The highest BCUT2D eigenvalue weighted by molar-refractivity contribution is 7.18. The Balaban J connectivity index is 1.08. The second kappa shape index (κ2) is 7.95. The van der Waals surface area contributed by atoms with Gasteiger partial charge in [0.25, 0.3) is 5.91 Å². The molecule has 4 aliphatic rings. The van der Waals surface area contributed by atoms with Crippen molar-refractivity contribution in [2.45, 2.75) is 76.4 Å². The first-order valence-corrected chi connectivity index (χ1v) is 12.2. The molecule has 0 aliphatic heterocycles. The quantitative estimate of drug-likeness (QED) is 0.655. The number of thiazole rings is 1. The number of fused-ring (bicyclic) bond motifs is 1. The molecule has 6 heteroatoms. The maximum Gasteiger partial charge on any atom is 0.306 e. The van der Waals surface area contributed by atoms with Crippen molar-refractivity contribution in [3.8, 4) is 0 Å². The van der Waals surface area contributed by atoms with Gasteiger partial charge in [0.1, 0.15) is 0 Å². The van der Waals surface area contributed by atoms with Crippen LogP contribution in [-0.2, 0) is 20.7 Å². The van der Waals surface area contributed by atoms with Crippen molar-refractivity contribution in [1.82, 2.24) is 10.3 Å². The molecule has 0 unspecified atom stereocenters. The third-order valence-electron chi connectivity index (χ3n) is 7.21. The van der Waals surface area contributed by atoms with Crippen molar-refractivity contribution in [2.24, 2.45) is 17.8 Å². The fourth-order valence-electron chi connectivity index (χ4n) is 6.35. The topological polar surface area (TPSA) is 68.3 Å². The largest absolute Gasteiger partial charge is 0.453 e. The lowest BCUT2D eigenvalue weighted by Gasteiger charge is -2.57. The average Bonchev–Trinajstić information content (AvgIpc) is 3.09. The van der Waals surface area contributed by atoms with Crippen LogP contribution in [0.3, 0.4) is 0 Å². The number of benzene rings is 1. The summed E-state index contributed by atoms with van der Waals surface area (Å²) in [5.74, 6) is 1.89. The third-order valence-corrected chi connectivity index (χ3v) is 8.31. The number of carbonyl (C=O) groups is 2. The van der Waals surface area contributed by atoms with Crippen LogP contribution < -0.4 is 5.32 Å². The van der Waals surface area contributed by atoms with Crippen LogP contribution in [0.1, 0.15) is 63.3 Å². The Morgan fingerprint density at radius 3 is 2.50 bits per heavy atom. The molecule has 1 aromatic heterocycles. The van der Waals surface area contributed by atoms with Crippen LogP contribution in [0.5, 0.6) is 0 Å². The van der Waals surface area contributed by atoms with E-state index >= 15 is 0 Å². The summed E-state index contributed by atoms with van der Waals surface area (Å²) in [6, 6.07) is 8.07. The van der Waals surface area contributed by atoms with Gasteiger partial charge in [0, 0.05) is 12.0 Å². The van der Waals surface area contributed by atoms with Crippen molar-refractivity contribution in [3.63, 3.8) is 0 Å². The minimum Gasteiger partial charge on any atom is -0.453 e. The summed E-state index contributed by atoms with van der Waals surface area (Å²) in [5, 5.41) is 4.34. The molecule has 1 amide bonds. The molecule has 160 valence electrons. The Morgan fingerprint density at radius 1 is 1.17 bits per heavy atom. The predicted octanol–water partition coefficient (Wildman–Crippen LogP) is 4.64. The molecule has 4 fully saturated rings. The molecule has 6 rings (SSSR count). The number of carbonyl (C=O) groups excluding carboxylic acids is 2. The van der Waals surface area contributed by atoms with Crippen LogP contribution in [-0.4, -0.2) is 28.5 Å². The molecule has 5 nitrogen and oxygen atoms in total. The van der Waals surface area contributed by atoms with Gasteiger partial charge in [0.2, 0.25) is 0 Å². The molecule has 4 aliphatic carbocycles. The number of nitrogens with one attached hydrogen (secondary N) is 1. The number of esters is 1. The smallest absolute Gasteiger partial charge is 0.306 e. The Hall–Kier alpha value is -1.95. The number of hydrogen-bond acceptors (Lipinski definition) is 5. The number of aryl methyl sites for hydroxylation is 1. The summed E-state index contributed by atoms with van der Waals surface area (Å²) in [5.41, 5.74) is 0.967. The molecule has 0 spiro atoms. The first-order chi connectivity index (χ1) is 14.5. The van der Waals surface area contributed by atoms with Gasteiger partial charge in [-0.1, -0.05) is 12.1 Å². The highest BCUT2D eigenvalue weighted by Crippen LogP contribution is 2.55. The lowest BCUT2D eigenvalue weighted by molar-refractivity contribution is -0.156. The number of para-hydroxylation sites is 1. The molecule has 1 aromatic carbocycles. The van der Waals surface area contributed by atoms with Crippen molar-refractivity contribution in [1.29, 1.82) is 0 Å². The van der Waals surface area contributed by atoms with E-state index in [0.717, 1.165) is 54.0 Å². The normalized spacial score (nSPS) is 30.4. The molecule has 1 heterocycles. The van der Waals surface area contributed by atoms with Crippen molar-refractivity contribution in [2.75, 3.05) is 0 Å². The Bertz CT molecular complexity index is 885. The molecule has 2 aromatic rings. The zero-order valence-corrected chi connectivity index (χ0v) is 18.4. The summed E-state index contributed by atoms with van der Waals surface area (Å²) in [7, 11) is 0. The summed E-state index contributed by atoms with van der Waals surface area (Å²) in [6.45, 7) is 1.70. The van der Waals surface area contributed by atoms with Gasteiger partial charge in [-0.25, -0.2) is 4.98 Å². The molecule has 30 heavy (non-hydrogen) atoms. The van der Waals surface area contributed by atoms with Crippen molar-refractivity contribution < 1.29 is 14.3 Å². The van der Waals surface area contributed by atoms with Gasteiger partial charge in [-0.3, -0.25) is 9.59 Å². The lowest BCUT2D eigenvalue weighted by atomic mass is 9.53. The third kappa shape index (κ3) is 4.11. The van der Waals surface area contributed by atoms with Crippen molar-refractivity contribution >= 4 is 33.4 Å². The Morgan fingerprint density at radius 2 is 1.83 bits per heavy atom. The van der Waals surface area contributed by atoms with Gasteiger partial charge in [0.05, 0.1) is 15.2 Å². The maximum atomic E-state index is 12.8. The van der Waals surface area contributed by atoms with E-state index in [1.807, 2.05) is 18.2 Å². The number of hydrogen-bond donors (Lipinski definition) is 1. The minimum atomic E-state index is -0.729. The van der Waals surface area contributed by atoms with E-state index in [9.17, 15) is 9.59 Å². The number of ether oxygens (including phenoxy) is 1. The van der Waals surface area contributed by atoms with E-state index in [-0.39, 0.29) is 17.4 Å². The zero-order chi connectivity index (χ0) is 20.7. The lowest BCUT2D eigenvalue weighted by Crippen LogP contribution is -2.61. The number of aromatic nitrogens is 1. The van der Waals surface area contributed by atoms with Crippen LogP contribution in [0.15, 0.2) is 24.3 Å². The van der Waals surface area contributed by atoms with Gasteiger partial charge in [-0.2, -0.15) is 0 Å². The summed E-state index contributed by atoms with van der Waals surface area (Å²) in [6.07, 6.45) is 8.36. The zero-order valence-electron chi connectivity index (χ0n) is 17.6. The SMILES string of the molecule is C[C@H](OC(=O)CCCc1nc2ccccc2s1)C(=O)NC12CC3CC(CC(C3)C1)C2. The number of amides is 1. The average molecular weight is 427 g/mol. The van der Waals surface area contributed by atoms with Crippen LogP contribution in [0.25, 0.3) is 10.2 Å². The van der Waals surface area contributed by atoms with Gasteiger partial charge in [-0.15, -0.1) is 11.3 Å². The standard InChI is InChI=1S/C24H30N2O3S/c1-15(23(28)26-24-12-16-9-17(13-24)11-18(10-16)14-24)29-22(27)8-4-7-21-25-19-5-2-3-6-20(19)30-21/h2-3,5-6,15-18H,4,7-14H2,1H3,(H,26,28)/t15-,16?,17?,18?,24?/m0/s1. The Labute approximate surface area is 181 Å². The fourth-order valence-corrected chi connectivity index (χ4v) is 7.36. The molecular formula is C24H30N2O3S. The predicted molar refractivity (Wildman–Crippen MR) is 117 cm³/mol. The van der Waals surface area contributed by atoms with E-state index < -0.39 is 6.10 Å². The van der Waals surface area contributed by atoms with Crippen LogP contribution in [0.4, 0.5) is 0 Å². The van der Waals surface area contributed by atoms with E-state index in [1.54, 1.807) is 18.3 Å². The highest BCUT2D eigenvalue weighted by atomic mass is 32.1. The maximum absolute atomic E-state index is 12.8. The molecule has 4 bridgehead atoms. The van der Waals surface area contributed by atoms with E-state index in [0.29, 0.717) is 12.8 Å². The van der Waals surface area contributed by atoms with E-state index in [4.69, 9.17) is 4.74 Å². The second-order valence-electron chi connectivity index (χ2n) is 9.75. The monoisotopic (exact) mass is 426 g/mol. The van der Waals surface area contributed by atoms with Gasteiger partial charge < -0.3 is 10.1 Å². The van der Waals surface area contributed by atoms with Crippen LogP contribution >= 0.6 is 11.3 Å². The van der Waals surface area contributed by atoms with E-state index in [1.165, 1.54) is 24.0 Å². The molecular weight excluding hydrogens is 396 g/mol. The fraction of sp³-hybridized carbons (Fsp3) is 0.625.